The molecule has 3 unspecified atom stereocenters. The molecule has 3 aromatic heterocycles. The van der Waals surface area contributed by atoms with Gasteiger partial charge in [0.2, 0.25) is 5.91 Å². The summed E-state index contributed by atoms with van der Waals surface area (Å²) in [5, 5.41) is 36.8. The number of imidazole rings is 2. The zero-order valence-electron chi connectivity index (χ0n) is 43.8. The second-order valence-corrected chi connectivity index (χ2v) is 20.4. The van der Waals surface area contributed by atoms with Gasteiger partial charge >= 0.3 is 0 Å². The number of aromatic nitrogens is 4. The van der Waals surface area contributed by atoms with E-state index < -0.39 is 17.6 Å². The van der Waals surface area contributed by atoms with Crippen LogP contribution < -0.4 is 25.8 Å². The minimum absolute atomic E-state index is 0.0200. The van der Waals surface area contributed by atoms with Gasteiger partial charge in [0.15, 0.2) is 0 Å². The summed E-state index contributed by atoms with van der Waals surface area (Å²) >= 11 is 12.6. The topological polar surface area (TPSA) is 216 Å². The normalized spacial score (nSPS) is 12.7. The highest BCUT2D eigenvalue weighted by Crippen LogP contribution is 2.30. The predicted octanol–water partition coefficient (Wildman–Crippen LogP) is 10.1. The van der Waals surface area contributed by atoms with E-state index in [-0.39, 0.29) is 49.1 Å². The Hall–Kier alpha value is -6.75. The van der Waals surface area contributed by atoms with E-state index in [9.17, 15) is 29.7 Å². The molecule has 0 spiro atoms. The Balaban J connectivity index is 0.000000245. The molecule has 3 atom stereocenters. The van der Waals surface area contributed by atoms with Crippen LogP contribution >= 0.6 is 23.2 Å². The Kier molecular flexibility index (Phi) is 20.1. The van der Waals surface area contributed by atoms with Crippen molar-refractivity contribution in [2.75, 3.05) is 6.61 Å². The lowest BCUT2D eigenvalue weighted by atomic mass is 9.99. The van der Waals surface area contributed by atoms with Gasteiger partial charge in [0.1, 0.15) is 28.6 Å². The summed E-state index contributed by atoms with van der Waals surface area (Å²) in [5.74, 6) is 0.699. The quantitative estimate of drug-likeness (QED) is 0.0378. The van der Waals surface area contributed by atoms with E-state index in [1.54, 1.807) is 57.2 Å². The van der Waals surface area contributed by atoms with Crippen molar-refractivity contribution in [3.63, 3.8) is 0 Å². The first-order valence-corrected chi connectivity index (χ1v) is 26.0. The molecule has 0 radical (unpaired) electrons. The Morgan fingerprint density at radius 3 is 1.63 bits per heavy atom. The zero-order valence-corrected chi connectivity index (χ0v) is 45.3. The molecule has 75 heavy (non-hydrogen) atoms. The number of hydrogen-bond donors (Lipinski definition) is 6. The summed E-state index contributed by atoms with van der Waals surface area (Å²) in [7, 11) is 0. The number of nitrogens with zero attached hydrogens (tertiary/aromatic N) is 4. The lowest BCUT2D eigenvalue weighted by Gasteiger charge is -2.19. The summed E-state index contributed by atoms with van der Waals surface area (Å²) in [6, 6.07) is 28.9. The van der Waals surface area contributed by atoms with Crippen LogP contribution in [0.3, 0.4) is 0 Å². The SMILES string of the molecule is CC(C)Oc1ccc(C(=O)NC(CCC(N)=O)Cc2ccc(-c3cn4cccc(C(C)O)c4n3)cc2)cc1Cl.CCn1cc(-c2ccc(CC(CCO)NC(=O)c3ccc(OC(C)C)c(Cl)c3)cc2)nc1C(C)(C)O. The van der Waals surface area contributed by atoms with Crippen LogP contribution in [0.5, 0.6) is 11.5 Å². The fourth-order valence-electron chi connectivity index (χ4n) is 8.42. The van der Waals surface area contributed by atoms with Gasteiger partial charge < -0.3 is 50.1 Å². The molecule has 7 aromatic rings. The van der Waals surface area contributed by atoms with Crippen molar-refractivity contribution in [2.24, 2.45) is 5.73 Å². The van der Waals surface area contributed by atoms with Crippen LogP contribution in [0.15, 0.2) is 116 Å². The second-order valence-electron chi connectivity index (χ2n) is 19.6. The van der Waals surface area contributed by atoms with E-state index in [0.717, 1.165) is 39.2 Å². The van der Waals surface area contributed by atoms with Gasteiger partial charge in [-0.15, -0.1) is 0 Å². The number of primary amides is 1. The number of nitrogens with two attached hydrogens (primary N) is 1. The Morgan fingerprint density at radius 1 is 0.720 bits per heavy atom. The molecule has 3 heterocycles. The Bertz CT molecular complexity index is 3040. The maximum atomic E-state index is 13.0. The number of pyridine rings is 1. The second kappa shape index (κ2) is 26.1. The number of aryl methyl sites for hydroxylation is 1. The highest BCUT2D eigenvalue weighted by Gasteiger charge is 2.24. The highest BCUT2D eigenvalue weighted by atomic mass is 35.5. The Morgan fingerprint density at radius 2 is 1.21 bits per heavy atom. The number of aliphatic hydroxyl groups is 3. The molecular formula is C58H69Cl2N7O8. The van der Waals surface area contributed by atoms with E-state index in [1.165, 1.54) is 0 Å². The molecule has 3 amide bonds. The molecular weight excluding hydrogens is 994 g/mol. The van der Waals surface area contributed by atoms with E-state index in [1.807, 2.05) is 123 Å². The Labute approximate surface area is 449 Å². The van der Waals surface area contributed by atoms with E-state index in [0.29, 0.717) is 76.4 Å². The van der Waals surface area contributed by atoms with Crippen LogP contribution in [0.2, 0.25) is 10.0 Å². The molecule has 4 aromatic carbocycles. The molecule has 0 saturated carbocycles. The summed E-state index contributed by atoms with van der Waals surface area (Å²) in [4.78, 5) is 46.7. The van der Waals surface area contributed by atoms with Gasteiger partial charge in [0.05, 0.1) is 39.7 Å². The van der Waals surface area contributed by atoms with Gasteiger partial charge in [-0.05, 0) is 135 Å². The predicted molar refractivity (Wildman–Crippen MR) is 294 cm³/mol. The van der Waals surface area contributed by atoms with Gasteiger partial charge in [-0.25, -0.2) is 9.97 Å². The molecule has 398 valence electrons. The fourth-order valence-corrected chi connectivity index (χ4v) is 8.87. The van der Waals surface area contributed by atoms with E-state index in [4.69, 9.17) is 43.4 Å². The third kappa shape index (κ3) is 16.1. The van der Waals surface area contributed by atoms with Crippen molar-refractivity contribution in [1.29, 1.82) is 0 Å². The van der Waals surface area contributed by atoms with Gasteiger partial charge in [0, 0.05) is 78.1 Å². The average molecular weight is 1060 g/mol. The van der Waals surface area contributed by atoms with Crippen molar-refractivity contribution in [1.82, 2.24) is 29.6 Å². The zero-order chi connectivity index (χ0) is 54.6. The highest BCUT2D eigenvalue weighted by molar-refractivity contribution is 6.32. The average Bonchev–Trinajstić information content (AvgIpc) is 4.01. The number of nitrogens with one attached hydrogen (secondary N) is 2. The first-order chi connectivity index (χ1) is 35.6. The fraction of sp³-hybridized carbons (Fsp3) is 0.362. The molecule has 17 heteroatoms. The number of aliphatic hydroxyl groups excluding tert-OH is 2. The third-order valence-electron chi connectivity index (χ3n) is 12.1. The number of benzene rings is 4. The first kappa shape index (κ1) is 57.5. The van der Waals surface area contributed by atoms with Gasteiger partial charge in [-0.2, -0.15) is 0 Å². The van der Waals surface area contributed by atoms with E-state index >= 15 is 0 Å². The summed E-state index contributed by atoms with van der Waals surface area (Å²) in [6.45, 7) is 15.5. The van der Waals surface area contributed by atoms with Crippen molar-refractivity contribution in [3.8, 4) is 34.0 Å². The minimum Gasteiger partial charge on any atom is -0.489 e. The van der Waals surface area contributed by atoms with E-state index in [2.05, 4.69) is 15.6 Å². The number of amides is 3. The van der Waals surface area contributed by atoms with Crippen LogP contribution in [0.1, 0.15) is 124 Å². The largest absolute Gasteiger partial charge is 0.489 e. The molecule has 15 nitrogen and oxygen atoms in total. The van der Waals surface area contributed by atoms with Gasteiger partial charge in [-0.3, -0.25) is 14.4 Å². The van der Waals surface area contributed by atoms with Crippen LogP contribution in [0, 0.1) is 0 Å². The van der Waals surface area contributed by atoms with Gasteiger partial charge in [0.25, 0.3) is 11.8 Å². The van der Waals surface area contributed by atoms with Crippen LogP contribution in [-0.4, -0.2) is 82.9 Å². The van der Waals surface area contributed by atoms with Crippen molar-refractivity contribution in [2.45, 2.75) is 130 Å². The smallest absolute Gasteiger partial charge is 0.251 e. The summed E-state index contributed by atoms with van der Waals surface area (Å²) in [6.07, 6.45) is 7.13. The number of carbonyl (C=O) groups excluding carboxylic acids is 3. The van der Waals surface area contributed by atoms with Crippen LogP contribution in [0.4, 0.5) is 0 Å². The monoisotopic (exact) mass is 1060 g/mol. The maximum Gasteiger partial charge on any atom is 0.251 e. The number of halogens is 2. The number of ether oxygens (including phenoxy) is 2. The van der Waals surface area contributed by atoms with Gasteiger partial charge in [-0.1, -0.05) is 77.8 Å². The number of fused-ring (bicyclic) bond motifs is 1. The molecule has 0 aliphatic heterocycles. The molecule has 0 aliphatic carbocycles. The molecule has 0 fully saturated rings. The summed E-state index contributed by atoms with van der Waals surface area (Å²) in [5.41, 5.74) is 12.1. The van der Waals surface area contributed by atoms with Crippen molar-refractivity contribution < 1.29 is 39.2 Å². The number of rotatable bonds is 22. The lowest BCUT2D eigenvalue weighted by molar-refractivity contribution is -0.118. The molecule has 7 N–H and O–H groups in total. The molecule has 7 rings (SSSR count). The molecule has 0 aliphatic rings. The van der Waals surface area contributed by atoms with Crippen molar-refractivity contribution in [3.05, 3.63) is 159 Å². The van der Waals surface area contributed by atoms with Crippen molar-refractivity contribution >= 4 is 46.6 Å². The molecule has 0 bridgehead atoms. The lowest BCUT2D eigenvalue weighted by Crippen LogP contribution is -2.37. The molecule has 0 saturated heterocycles. The van der Waals surface area contributed by atoms with Crippen LogP contribution in [0.25, 0.3) is 28.2 Å². The minimum atomic E-state index is -1.03. The number of carbonyl (C=O) groups is 3. The first-order valence-electron chi connectivity index (χ1n) is 25.2. The maximum absolute atomic E-state index is 13.0. The standard InChI is InChI=1S/C30H33ClN4O4.C28H36ClN3O4/c1-18(2)39-27-12-10-22(16-25(27)31)30(38)33-23(11-13-28(32)37)15-20-6-8-21(9-7-20)26-17-35-14-4-5-24(19(3)36)29(35)34-26;1-6-32-17-24(31-27(32)28(4,5)35)20-9-7-19(8-10-20)15-22(13-14-33)30-26(34)21-11-12-25(23(29)16-21)36-18(2)3/h4-10,12,14,16-19,23,36H,11,13,15H2,1-3H3,(H2,32,37)(H,33,38);7-12,16-18,22,33,35H,6,13-15H2,1-5H3,(H,30,34). The van der Waals surface area contributed by atoms with Crippen LogP contribution in [-0.2, 0) is 29.8 Å². The third-order valence-corrected chi connectivity index (χ3v) is 12.7. The number of hydrogen-bond acceptors (Lipinski definition) is 10. The summed E-state index contributed by atoms with van der Waals surface area (Å²) < 4.78 is 15.1.